The third kappa shape index (κ3) is 3.13. The summed E-state index contributed by atoms with van der Waals surface area (Å²) in [5.41, 5.74) is 0.418. The molecule has 2 aromatic rings. The summed E-state index contributed by atoms with van der Waals surface area (Å²) in [5.74, 6) is -0.718. The van der Waals surface area contributed by atoms with Crippen molar-refractivity contribution in [1.82, 2.24) is 0 Å². The van der Waals surface area contributed by atoms with Gasteiger partial charge in [0.15, 0.2) is 0 Å². The third-order valence-electron chi connectivity index (χ3n) is 2.39. The van der Waals surface area contributed by atoms with E-state index in [1.54, 1.807) is 12.1 Å². The van der Waals surface area contributed by atoms with Crippen molar-refractivity contribution in [2.45, 2.75) is 0 Å². The topological polar surface area (TPSA) is 40.5 Å². The molecular weight excluding hydrogens is 309 g/mol. The van der Waals surface area contributed by atoms with Crippen LogP contribution in [-0.2, 0) is 0 Å². The minimum absolute atomic E-state index is 0.0913. The maximum absolute atomic E-state index is 12.1. The summed E-state index contributed by atoms with van der Waals surface area (Å²) in [7, 11) is 0. The summed E-state index contributed by atoms with van der Waals surface area (Å²) in [6.45, 7) is 0. The Kier molecular flexibility index (Phi) is 4.20. The molecule has 0 saturated carbocycles. The van der Waals surface area contributed by atoms with Crippen molar-refractivity contribution in [3.05, 3.63) is 58.1 Å². The van der Waals surface area contributed by atoms with Crippen molar-refractivity contribution in [1.29, 1.82) is 0 Å². The van der Waals surface area contributed by atoms with E-state index in [-0.39, 0.29) is 11.3 Å². The lowest BCUT2D eigenvalue weighted by Gasteiger charge is -2.15. The highest BCUT2D eigenvalue weighted by molar-refractivity contribution is 6.41. The molecule has 0 unspecified atom stereocenters. The van der Waals surface area contributed by atoms with Crippen LogP contribution in [0.1, 0.15) is 10.4 Å². The molecule has 2 aromatic carbocycles. The lowest BCUT2D eigenvalue weighted by molar-refractivity contribution is 0.100. The van der Waals surface area contributed by atoms with E-state index in [9.17, 15) is 9.90 Å². The monoisotopic (exact) mass is 315 g/mol. The maximum atomic E-state index is 12.1. The van der Waals surface area contributed by atoms with Gasteiger partial charge in [-0.2, -0.15) is 0 Å². The van der Waals surface area contributed by atoms with Crippen LogP contribution in [0.3, 0.4) is 0 Å². The molecule has 0 aliphatic heterocycles. The SMILES string of the molecule is O=C(c1ccccc1O)N(Cl)c1cc(Cl)cc(Cl)c1. The number of nitrogens with zero attached hydrogens (tertiary/aromatic N) is 1. The van der Waals surface area contributed by atoms with Gasteiger partial charge in [-0.1, -0.05) is 35.3 Å². The highest BCUT2D eigenvalue weighted by Crippen LogP contribution is 2.29. The number of phenolic OH excluding ortho intramolecular Hbond substituents is 1. The molecule has 6 heteroatoms. The standard InChI is InChI=1S/C13H8Cl3NO2/c14-8-5-9(15)7-10(6-8)17(16)13(19)11-3-1-2-4-12(11)18/h1-7,18H. The van der Waals surface area contributed by atoms with Gasteiger partial charge in [-0.15, -0.1) is 0 Å². The molecule has 0 aromatic heterocycles. The van der Waals surface area contributed by atoms with Crippen LogP contribution in [0.4, 0.5) is 5.69 Å². The second-order valence-corrected chi connectivity index (χ2v) is 4.94. The number of hydrogen-bond donors (Lipinski definition) is 1. The quantitative estimate of drug-likeness (QED) is 0.829. The zero-order chi connectivity index (χ0) is 14.0. The Morgan fingerprint density at radius 3 is 2.21 bits per heavy atom. The molecule has 1 amide bonds. The molecular formula is C13H8Cl3NO2. The average molecular weight is 317 g/mol. The fraction of sp³-hybridized carbons (Fsp3) is 0. The summed E-state index contributed by atoms with van der Waals surface area (Å²) in [6.07, 6.45) is 0. The van der Waals surface area contributed by atoms with Gasteiger partial charge in [0.05, 0.1) is 11.3 Å². The molecule has 0 spiro atoms. The first-order chi connectivity index (χ1) is 8.99. The first kappa shape index (κ1) is 14.0. The van der Waals surface area contributed by atoms with Crippen LogP contribution in [0.5, 0.6) is 5.75 Å². The number of benzene rings is 2. The maximum Gasteiger partial charge on any atom is 0.276 e. The summed E-state index contributed by atoms with van der Waals surface area (Å²) >= 11 is 17.7. The van der Waals surface area contributed by atoms with E-state index in [1.807, 2.05) is 0 Å². The van der Waals surface area contributed by atoms with Crippen molar-refractivity contribution < 1.29 is 9.90 Å². The minimum atomic E-state index is -0.571. The second kappa shape index (κ2) is 5.70. The summed E-state index contributed by atoms with van der Waals surface area (Å²) in [4.78, 5) is 12.1. The summed E-state index contributed by atoms with van der Waals surface area (Å²) < 4.78 is 0.854. The smallest absolute Gasteiger partial charge is 0.276 e. The van der Waals surface area contributed by atoms with Gasteiger partial charge in [0.1, 0.15) is 5.75 Å². The summed E-state index contributed by atoms with van der Waals surface area (Å²) in [5, 5.41) is 10.3. The highest BCUT2D eigenvalue weighted by atomic mass is 35.5. The number of hydrogen-bond acceptors (Lipinski definition) is 2. The molecule has 0 heterocycles. The predicted molar refractivity (Wildman–Crippen MR) is 77.2 cm³/mol. The molecule has 98 valence electrons. The largest absolute Gasteiger partial charge is 0.507 e. The van der Waals surface area contributed by atoms with E-state index >= 15 is 0 Å². The molecule has 0 bridgehead atoms. The zero-order valence-corrected chi connectivity index (χ0v) is 11.7. The summed E-state index contributed by atoms with van der Waals surface area (Å²) in [6, 6.07) is 10.6. The minimum Gasteiger partial charge on any atom is -0.507 e. The van der Waals surface area contributed by atoms with Gasteiger partial charge < -0.3 is 5.11 Å². The van der Waals surface area contributed by atoms with Gasteiger partial charge in [0.2, 0.25) is 0 Å². The fourth-order valence-corrected chi connectivity index (χ4v) is 2.23. The van der Waals surface area contributed by atoms with Gasteiger partial charge in [0.25, 0.3) is 5.91 Å². The van der Waals surface area contributed by atoms with Crippen LogP contribution >= 0.6 is 35.0 Å². The molecule has 2 rings (SSSR count). The Balaban J connectivity index is 2.36. The van der Waals surface area contributed by atoms with Gasteiger partial charge >= 0.3 is 0 Å². The molecule has 3 nitrogen and oxygen atoms in total. The Hall–Kier alpha value is -1.42. The Bertz CT molecular complexity index is 611. The molecule has 1 N–H and O–H groups in total. The van der Waals surface area contributed by atoms with E-state index in [0.29, 0.717) is 15.7 Å². The first-order valence-electron chi connectivity index (χ1n) is 5.23. The van der Waals surface area contributed by atoms with Crippen molar-refractivity contribution in [2.75, 3.05) is 4.42 Å². The molecule has 0 atom stereocenters. The Morgan fingerprint density at radius 2 is 1.63 bits per heavy atom. The number of rotatable bonds is 2. The Morgan fingerprint density at radius 1 is 1.05 bits per heavy atom. The highest BCUT2D eigenvalue weighted by Gasteiger charge is 2.19. The van der Waals surface area contributed by atoms with Crippen LogP contribution in [0.2, 0.25) is 10.0 Å². The van der Waals surface area contributed by atoms with Gasteiger partial charge in [0, 0.05) is 21.8 Å². The Labute approximate surface area is 125 Å². The normalized spacial score (nSPS) is 10.3. The number of halogens is 3. The van der Waals surface area contributed by atoms with Gasteiger partial charge in [-0.25, -0.2) is 4.42 Å². The van der Waals surface area contributed by atoms with E-state index in [0.717, 1.165) is 4.42 Å². The third-order valence-corrected chi connectivity index (χ3v) is 3.17. The predicted octanol–water partition coefficient (Wildman–Crippen LogP) is 4.50. The van der Waals surface area contributed by atoms with Crippen LogP contribution < -0.4 is 4.42 Å². The van der Waals surface area contributed by atoms with Crippen molar-refractivity contribution in [3.63, 3.8) is 0 Å². The second-order valence-electron chi connectivity index (χ2n) is 3.73. The van der Waals surface area contributed by atoms with E-state index in [4.69, 9.17) is 35.0 Å². The fourth-order valence-electron chi connectivity index (χ4n) is 1.53. The van der Waals surface area contributed by atoms with Gasteiger partial charge in [-0.3, -0.25) is 4.79 Å². The van der Waals surface area contributed by atoms with Gasteiger partial charge in [-0.05, 0) is 30.3 Å². The van der Waals surface area contributed by atoms with Crippen LogP contribution in [0.25, 0.3) is 0 Å². The molecule has 0 saturated heterocycles. The van der Waals surface area contributed by atoms with E-state index in [1.165, 1.54) is 30.3 Å². The lowest BCUT2D eigenvalue weighted by Crippen LogP contribution is -2.20. The molecule has 0 radical (unpaired) electrons. The molecule has 0 fully saturated rings. The average Bonchev–Trinajstić information content (AvgIpc) is 2.36. The molecule has 0 aliphatic rings. The zero-order valence-electron chi connectivity index (χ0n) is 9.48. The van der Waals surface area contributed by atoms with E-state index in [2.05, 4.69) is 0 Å². The number of amides is 1. The number of phenols is 1. The number of carbonyl (C=O) groups excluding carboxylic acids is 1. The van der Waals surface area contributed by atoms with Crippen LogP contribution in [-0.4, -0.2) is 11.0 Å². The number of aromatic hydroxyl groups is 1. The lowest BCUT2D eigenvalue weighted by atomic mass is 10.2. The van der Waals surface area contributed by atoms with E-state index < -0.39 is 5.91 Å². The van der Waals surface area contributed by atoms with Crippen LogP contribution in [0, 0.1) is 0 Å². The number of para-hydroxylation sites is 1. The molecule has 19 heavy (non-hydrogen) atoms. The molecule has 0 aliphatic carbocycles. The van der Waals surface area contributed by atoms with Crippen LogP contribution in [0.15, 0.2) is 42.5 Å². The van der Waals surface area contributed by atoms with Crippen molar-refractivity contribution in [3.8, 4) is 5.75 Å². The number of anilines is 1. The van der Waals surface area contributed by atoms with Crippen molar-refractivity contribution >= 4 is 46.6 Å². The number of carbonyl (C=O) groups is 1. The van der Waals surface area contributed by atoms with Crippen molar-refractivity contribution in [2.24, 2.45) is 0 Å². The first-order valence-corrected chi connectivity index (χ1v) is 6.33.